The molecule has 2 rings (SSSR count). The molecule has 0 N–H and O–H groups in total. The fourth-order valence-corrected chi connectivity index (χ4v) is 6.70. The summed E-state index contributed by atoms with van der Waals surface area (Å²) < 4.78 is 0. The summed E-state index contributed by atoms with van der Waals surface area (Å²) in [5.41, 5.74) is 4.79. The minimum Gasteiger partial charge on any atom is -0.303 e. The molecule has 0 fully saturated rings. The van der Waals surface area contributed by atoms with Gasteiger partial charge in [0, 0.05) is 12.0 Å². The quantitative estimate of drug-likeness (QED) is 0.182. The lowest BCUT2D eigenvalue weighted by Crippen LogP contribution is -2.22. The molecule has 210 valence electrons. The summed E-state index contributed by atoms with van der Waals surface area (Å²) in [6, 6.07) is 11.6. The number of rotatable bonds is 18. The van der Waals surface area contributed by atoms with E-state index in [9.17, 15) is 10.1 Å². The third-order valence-corrected chi connectivity index (χ3v) is 9.41. The van der Waals surface area contributed by atoms with Gasteiger partial charge in [0.15, 0.2) is 0 Å². The Morgan fingerprint density at radius 3 is 2.16 bits per heavy atom. The molecule has 38 heavy (non-hydrogen) atoms. The summed E-state index contributed by atoms with van der Waals surface area (Å²) in [5, 5.41) is 9.31. The molecule has 0 saturated heterocycles. The number of hydrogen-bond donors (Lipinski definition) is 0. The Kier molecular flexibility index (Phi) is 14.7. The van der Waals surface area contributed by atoms with Gasteiger partial charge >= 0.3 is 0 Å². The second kappa shape index (κ2) is 17.4. The maximum absolute atomic E-state index is 10.9. The number of nitriles is 1. The Morgan fingerprint density at radius 2 is 1.55 bits per heavy atom. The minimum atomic E-state index is 0.513. The van der Waals surface area contributed by atoms with Gasteiger partial charge in [-0.3, -0.25) is 0 Å². The van der Waals surface area contributed by atoms with Gasteiger partial charge in [-0.15, -0.1) is 0 Å². The Hall–Kier alpha value is -2.14. The number of hydrogen-bond acceptors (Lipinski definition) is 2. The van der Waals surface area contributed by atoms with Gasteiger partial charge in [0.05, 0.1) is 6.07 Å². The van der Waals surface area contributed by atoms with Crippen molar-refractivity contribution in [1.29, 1.82) is 5.26 Å². The number of aldehydes is 1. The standard InChI is InChI=1S/C36H55NO/c1-7-11-31(17-15-27(4)23-24-38)29(6)28(5)16-18-33(12-8-2)36(9-3)34-21-19-32(20-22-34)35-14-10-13-30(25-35)26-37/h14,19-22,24-25,27-29,31,33,36H,7-13,15-18,23H2,1-6H3. The second-order valence-corrected chi connectivity index (χ2v) is 12.2. The molecule has 1 aliphatic rings. The topological polar surface area (TPSA) is 40.9 Å². The predicted octanol–water partition coefficient (Wildman–Crippen LogP) is 10.7. The first kappa shape index (κ1) is 32.1. The van der Waals surface area contributed by atoms with E-state index in [1.54, 1.807) is 0 Å². The molecule has 0 radical (unpaired) electrons. The van der Waals surface area contributed by atoms with Crippen LogP contribution in [0.15, 0.2) is 42.0 Å². The second-order valence-electron chi connectivity index (χ2n) is 12.2. The number of allylic oxidation sites excluding steroid dienone is 4. The van der Waals surface area contributed by atoms with Crippen molar-refractivity contribution >= 4 is 11.9 Å². The fourth-order valence-electron chi connectivity index (χ4n) is 6.70. The minimum absolute atomic E-state index is 0.513. The van der Waals surface area contributed by atoms with Gasteiger partial charge < -0.3 is 4.79 Å². The number of carbonyl (C=O) groups is 1. The van der Waals surface area contributed by atoms with Gasteiger partial charge in [-0.2, -0.15) is 5.26 Å². The molecular formula is C36H55NO. The van der Waals surface area contributed by atoms with E-state index < -0.39 is 0 Å². The molecule has 1 aliphatic carbocycles. The van der Waals surface area contributed by atoms with E-state index in [2.05, 4.69) is 84.0 Å². The van der Waals surface area contributed by atoms with Crippen molar-refractivity contribution in [1.82, 2.24) is 0 Å². The van der Waals surface area contributed by atoms with Gasteiger partial charge in [-0.25, -0.2) is 0 Å². The zero-order valence-electron chi connectivity index (χ0n) is 25.3. The molecule has 6 atom stereocenters. The van der Waals surface area contributed by atoms with E-state index in [1.165, 1.54) is 74.5 Å². The zero-order chi connectivity index (χ0) is 27.9. The number of carbonyl (C=O) groups excluding carboxylic acids is 1. The third-order valence-electron chi connectivity index (χ3n) is 9.41. The molecule has 2 nitrogen and oxygen atoms in total. The average molecular weight is 518 g/mol. The molecule has 1 aromatic rings. The first-order valence-corrected chi connectivity index (χ1v) is 15.7. The number of nitrogens with zero attached hydrogens (tertiary/aromatic N) is 1. The lowest BCUT2D eigenvalue weighted by Gasteiger charge is -2.32. The van der Waals surface area contributed by atoms with E-state index in [1.807, 2.05) is 0 Å². The highest BCUT2D eigenvalue weighted by Crippen LogP contribution is 2.39. The van der Waals surface area contributed by atoms with Crippen molar-refractivity contribution in [3.8, 4) is 6.07 Å². The van der Waals surface area contributed by atoms with E-state index in [0.717, 1.165) is 48.4 Å². The van der Waals surface area contributed by atoms with Crippen LogP contribution < -0.4 is 0 Å². The fraction of sp³-hybridized carbons (Fsp3) is 0.667. The summed E-state index contributed by atoms with van der Waals surface area (Å²) in [6.45, 7) is 14.2. The molecule has 0 aliphatic heterocycles. The van der Waals surface area contributed by atoms with Gasteiger partial charge in [0.1, 0.15) is 6.29 Å². The summed E-state index contributed by atoms with van der Waals surface area (Å²) in [6.07, 6.45) is 19.3. The van der Waals surface area contributed by atoms with Crippen LogP contribution in [0.1, 0.15) is 136 Å². The SMILES string of the molecule is CCCC(CCC(C)C(C)C(CCC)CCC(C)CC=O)C(CC)c1ccc(C2=CCCC(C#N)=C2)cc1. The predicted molar refractivity (Wildman–Crippen MR) is 164 cm³/mol. The van der Waals surface area contributed by atoms with Gasteiger partial charge in [0.2, 0.25) is 0 Å². The molecule has 0 aromatic heterocycles. The molecule has 0 bridgehead atoms. The van der Waals surface area contributed by atoms with Crippen LogP contribution in [0.2, 0.25) is 0 Å². The molecule has 6 unspecified atom stereocenters. The van der Waals surface area contributed by atoms with Crippen molar-refractivity contribution < 1.29 is 4.79 Å². The van der Waals surface area contributed by atoms with Crippen LogP contribution in [0, 0.1) is 40.9 Å². The largest absolute Gasteiger partial charge is 0.303 e. The van der Waals surface area contributed by atoms with Crippen LogP contribution in [0.25, 0.3) is 5.57 Å². The summed E-state index contributed by atoms with van der Waals surface area (Å²) in [7, 11) is 0. The van der Waals surface area contributed by atoms with Crippen LogP contribution in [-0.2, 0) is 4.79 Å². The van der Waals surface area contributed by atoms with Crippen LogP contribution in [-0.4, -0.2) is 6.29 Å². The Labute approximate surface area is 235 Å². The lowest BCUT2D eigenvalue weighted by atomic mass is 9.73. The molecular weight excluding hydrogens is 462 g/mol. The van der Waals surface area contributed by atoms with Crippen LogP contribution in [0.4, 0.5) is 0 Å². The Morgan fingerprint density at radius 1 is 0.895 bits per heavy atom. The van der Waals surface area contributed by atoms with Crippen LogP contribution in [0.5, 0.6) is 0 Å². The van der Waals surface area contributed by atoms with E-state index in [4.69, 9.17) is 0 Å². The van der Waals surface area contributed by atoms with Crippen molar-refractivity contribution in [2.24, 2.45) is 29.6 Å². The van der Waals surface area contributed by atoms with E-state index >= 15 is 0 Å². The molecule has 2 heteroatoms. The smallest absolute Gasteiger partial charge is 0.120 e. The van der Waals surface area contributed by atoms with Gasteiger partial charge in [-0.05, 0) is 90.4 Å². The first-order valence-electron chi connectivity index (χ1n) is 15.7. The van der Waals surface area contributed by atoms with Gasteiger partial charge in [0.25, 0.3) is 0 Å². The van der Waals surface area contributed by atoms with E-state index in [-0.39, 0.29) is 0 Å². The van der Waals surface area contributed by atoms with Crippen molar-refractivity contribution in [3.05, 3.63) is 53.1 Å². The monoisotopic (exact) mass is 517 g/mol. The molecule has 0 spiro atoms. The first-order chi connectivity index (χ1) is 18.4. The summed E-state index contributed by atoms with van der Waals surface area (Å²) in [5.74, 6) is 4.07. The maximum atomic E-state index is 10.9. The molecule has 0 saturated carbocycles. The highest BCUT2D eigenvalue weighted by Gasteiger charge is 2.26. The highest BCUT2D eigenvalue weighted by atomic mass is 16.1. The maximum Gasteiger partial charge on any atom is 0.120 e. The lowest BCUT2D eigenvalue weighted by molar-refractivity contribution is -0.108. The average Bonchev–Trinajstić information content (AvgIpc) is 2.94. The summed E-state index contributed by atoms with van der Waals surface area (Å²) >= 11 is 0. The summed E-state index contributed by atoms with van der Waals surface area (Å²) in [4.78, 5) is 10.9. The molecule has 0 heterocycles. The van der Waals surface area contributed by atoms with Crippen molar-refractivity contribution in [3.63, 3.8) is 0 Å². The van der Waals surface area contributed by atoms with Gasteiger partial charge in [-0.1, -0.05) is 110 Å². The normalized spacial score (nSPS) is 18.3. The highest BCUT2D eigenvalue weighted by molar-refractivity contribution is 5.76. The zero-order valence-corrected chi connectivity index (χ0v) is 25.3. The number of benzene rings is 1. The third kappa shape index (κ3) is 9.87. The Balaban J connectivity index is 2.05. The van der Waals surface area contributed by atoms with Crippen LogP contribution >= 0.6 is 0 Å². The van der Waals surface area contributed by atoms with Crippen LogP contribution in [0.3, 0.4) is 0 Å². The van der Waals surface area contributed by atoms with Crippen molar-refractivity contribution in [2.75, 3.05) is 0 Å². The Bertz CT molecular complexity index is 918. The van der Waals surface area contributed by atoms with Crippen molar-refractivity contribution in [2.45, 2.75) is 125 Å². The molecule has 1 aromatic carbocycles. The van der Waals surface area contributed by atoms with E-state index in [0.29, 0.717) is 18.3 Å². The molecule has 0 amide bonds.